The zero-order valence-electron chi connectivity index (χ0n) is 12.6. The molecule has 0 atom stereocenters. The number of nitrogens with two attached hydrogens (primary N) is 1. The summed E-state index contributed by atoms with van der Waals surface area (Å²) in [4.78, 5) is 10.5. The van der Waals surface area contributed by atoms with Crippen molar-refractivity contribution in [2.75, 3.05) is 6.61 Å². The molecule has 0 radical (unpaired) electrons. The van der Waals surface area contributed by atoms with Crippen LogP contribution in [0.3, 0.4) is 0 Å². The molecule has 1 heterocycles. The highest BCUT2D eigenvalue weighted by Crippen LogP contribution is 2.22. The molecule has 2 aromatic rings. The van der Waals surface area contributed by atoms with Crippen LogP contribution in [-0.4, -0.2) is 17.9 Å². The first kappa shape index (κ1) is 15.9. The molecule has 2 rings (SSSR count). The standard InChI is InChI=1S/C16H20N2O4/c1-2-3-4-9-20-13-7-5-12(6-8-13)15-10-14(22-18-15)11-21-16(17)19/h5-8,10H,2-4,9,11H2,1H3,(H2,17,19). The number of ether oxygens (including phenoxy) is 2. The molecule has 6 heteroatoms. The third kappa shape index (κ3) is 4.80. The summed E-state index contributed by atoms with van der Waals surface area (Å²) in [6.07, 6.45) is 2.57. The van der Waals surface area contributed by atoms with E-state index >= 15 is 0 Å². The second-order valence-electron chi connectivity index (χ2n) is 4.87. The Morgan fingerprint density at radius 2 is 2.05 bits per heavy atom. The van der Waals surface area contributed by atoms with E-state index in [-0.39, 0.29) is 6.61 Å². The second-order valence-corrected chi connectivity index (χ2v) is 4.87. The zero-order chi connectivity index (χ0) is 15.8. The van der Waals surface area contributed by atoms with Crippen LogP contribution in [0.4, 0.5) is 4.79 Å². The lowest BCUT2D eigenvalue weighted by atomic mass is 10.1. The maximum atomic E-state index is 10.5. The van der Waals surface area contributed by atoms with Gasteiger partial charge in [0.1, 0.15) is 11.4 Å². The number of rotatable bonds is 8. The van der Waals surface area contributed by atoms with E-state index in [1.54, 1.807) is 6.07 Å². The third-order valence-corrected chi connectivity index (χ3v) is 3.08. The van der Waals surface area contributed by atoms with Crippen molar-refractivity contribution in [3.8, 4) is 17.0 Å². The molecular formula is C16H20N2O4. The maximum Gasteiger partial charge on any atom is 0.404 e. The van der Waals surface area contributed by atoms with Crippen LogP contribution in [0.5, 0.6) is 5.75 Å². The van der Waals surface area contributed by atoms with Gasteiger partial charge < -0.3 is 19.7 Å². The van der Waals surface area contributed by atoms with Crippen LogP contribution < -0.4 is 10.5 Å². The molecular weight excluding hydrogens is 284 g/mol. The number of hydrogen-bond acceptors (Lipinski definition) is 5. The van der Waals surface area contributed by atoms with Crippen LogP contribution in [0.2, 0.25) is 0 Å². The fraction of sp³-hybridized carbons (Fsp3) is 0.375. The summed E-state index contributed by atoms with van der Waals surface area (Å²) in [5, 5.41) is 3.93. The highest BCUT2D eigenvalue weighted by molar-refractivity contribution is 5.64. The molecule has 0 saturated carbocycles. The summed E-state index contributed by atoms with van der Waals surface area (Å²) in [7, 11) is 0. The third-order valence-electron chi connectivity index (χ3n) is 3.08. The number of primary amides is 1. The molecule has 6 nitrogen and oxygen atoms in total. The van der Waals surface area contributed by atoms with Crippen LogP contribution in [-0.2, 0) is 11.3 Å². The van der Waals surface area contributed by atoms with Gasteiger partial charge in [0, 0.05) is 11.6 Å². The van der Waals surface area contributed by atoms with Crippen LogP contribution in [0, 0.1) is 0 Å². The van der Waals surface area contributed by atoms with Crippen molar-refractivity contribution in [1.29, 1.82) is 0 Å². The Kier molecular flexibility index (Phi) is 5.82. The molecule has 0 aliphatic carbocycles. The van der Waals surface area contributed by atoms with E-state index in [1.807, 2.05) is 24.3 Å². The molecule has 1 aromatic carbocycles. The van der Waals surface area contributed by atoms with Gasteiger partial charge in [0.15, 0.2) is 12.4 Å². The average molecular weight is 304 g/mol. The Labute approximate surface area is 129 Å². The van der Waals surface area contributed by atoms with E-state index in [1.165, 1.54) is 12.8 Å². The van der Waals surface area contributed by atoms with Crippen LogP contribution in [0.25, 0.3) is 11.3 Å². The quantitative estimate of drug-likeness (QED) is 0.754. The van der Waals surface area contributed by atoms with E-state index in [2.05, 4.69) is 16.8 Å². The SMILES string of the molecule is CCCCCOc1ccc(-c2cc(COC(N)=O)on2)cc1. The summed E-state index contributed by atoms with van der Waals surface area (Å²) in [6, 6.07) is 9.32. The van der Waals surface area contributed by atoms with Gasteiger partial charge in [-0.1, -0.05) is 24.9 Å². The van der Waals surface area contributed by atoms with Gasteiger partial charge in [-0.3, -0.25) is 0 Å². The minimum Gasteiger partial charge on any atom is -0.494 e. The molecule has 0 fully saturated rings. The molecule has 0 unspecified atom stereocenters. The van der Waals surface area contributed by atoms with Crippen LogP contribution in [0.1, 0.15) is 31.9 Å². The number of benzene rings is 1. The zero-order valence-corrected chi connectivity index (χ0v) is 12.6. The predicted molar refractivity (Wildman–Crippen MR) is 81.3 cm³/mol. The smallest absolute Gasteiger partial charge is 0.404 e. The Balaban J connectivity index is 1.91. The van der Waals surface area contributed by atoms with E-state index in [0.717, 1.165) is 24.3 Å². The number of unbranched alkanes of at least 4 members (excludes halogenated alkanes) is 2. The first-order valence-corrected chi connectivity index (χ1v) is 7.30. The molecule has 1 aromatic heterocycles. The van der Waals surface area contributed by atoms with Gasteiger partial charge in [-0.05, 0) is 30.7 Å². The summed E-state index contributed by atoms with van der Waals surface area (Å²) in [6.45, 7) is 2.86. The van der Waals surface area contributed by atoms with E-state index in [0.29, 0.717) is 11.5 Å². The molecule has 2 N–H and O–H groups in total. The van der Waals surface area contributed by atoms with Gasteiger partial charge >= 0.3 is 6.09 Å². The van der Waals surface area contributed by atoms with Crippen molar-refractivity contribution in [3.63, 3.8) is 0 Å². The first-order valence-electron chi connectivity index (χ1n) is 7.30. The summed E-state index contributed by atoms with van der Waals surface area (Å²) in [5.74, 6) is 1.27. The van der Waals surface area contributed by atoms with Gasteiger partial charge in [0.25, 0.3) is 0 Å². The van der Waals surface area contributed by atoms with Crippen molar-refractivity contribution in [2.45, 2.75) is 32.8 Å². The highest BCUT2D eigenvalue weighted by atomic mass is 16.6. The monoisotopic (exact) mass is 304 g/mol. The van der Waals surface area contributed by atoms with Gasteiger partial charge in [0.2, 0.25) is 0 Å². The van der Waals surface area contributed by atoms with E-state index in [9.17, 15) is 4.79 Å². The molecule has 0 aliphatic heterocycles. The van der Waals surface area contributed by atoms with Gasteiger partial charge in [-0.2, -0.15) is 0 Å². The first-order chi connectivity index (χ1) is 10.7. The number of hydrogen-bond donors (Lipinski definition) is 1. The Morgan fingerprint density at radius 3 is 2.73 bits per heavy atom. The highest BCUT2D eigenvalue weighted by Gasteiger charge is 2.08. The normalized spacial score (nSPS) is 10.4. The molecule has 0 aliphatic rings. The molecule has 118 valence electrons. The fourth-order valence-corrected chi connectivity index (χ4v) is 1.92. The topological polar surface area (TPSA) is 87.6 Å². The number of carbonyl (C=O) groups is 1. The minimum absolute atomic E-state index is 0.0268. The Morgan fingerprint density at radius 1 is 1.27 bits per heavy atom. The number of amides is 1. The van der Waals surface area contributed by atoms with Crippen molar-refractivity contribution < 1.29 is 18.8 Å². The van der Waals surface area contributed by atoms with Gasteiger partial charge in [-0.15, -0.1) is 0 Å². The lowest BCUT2D eigenvalue weighted by molar-refractivity contribution is 0.137. The lowest BCUT2D eigenvalue weighted by Gasteiger charge is -2.05. The molecule has 1 amide bonds. The molecule has 0 saturated heterocycles. The second kappa shape index (κ2) is 8.07. The van der Waals surface area contributed by atoms with Crippen molar-refractivity contribution in [1.82, 2.24) is 5.16 Å². The number of aromatic nitrogens is 1. The van der Waals surface area contributed by atoms with Crippen LogP contribution >= 0.6 is 0 Å². The average Bonchev–Trinajstić information content (AvgIpc) is 2.99. The summed E-state index contributed by atoms with van der Waals surface area (Å²) < 4.78 is 15.4. The Hall–Kier alpha value is -2.50. The number of nitrogens with zero attached hydrogens (tertiary/aromatic N) is 1. The van der Waals surface area contributed by atoms with E-state index < -0.39 is 6.09 Å². The fourth-order valence-electron chi connectivity index (χ4n) is 1.92. The van der Waals surface area contributed by atoms with E-state index in [4.69, 9.17) is 15.0 Å². The van der Waals surface area contributed by atoms with Crippen LogP contribution in [0.15, 0.2) is 34.9 Å². The molecule has 0 bridgehead atoms. The van der Waals surface area contributed by atoms with Gasteiger partial charge in [0.05, 0.1) is 6.61 Å². The van der Waals surface area contributed by atoms with Gasteiger partial charge in [-0.25, -0.2) is 4.79 Å². The summed E-state index contributed by atoms with van der Waals surface area (Å²) >= 11 is 0. The predicted octanol–water partition coefficient (Wildman–Crippen LogP) is 3.51. The maximum absolute atomic E-state index is 10.5. The lowest BCUT2D eigenvalue weighted by Crippen LogP contribution is -2.12. The van der Waals surface area contributed by atoms with Crippen molar-refractivity contribution in [3.05, 3.63) is 36.1 Å². The molecule has 22 heavy (non-hydrogen) atoms. The minimum atomic E-state index is -0.845. The Bertz CT molecular complexity index is 592. The molecule has 0 spiro atoms. The number of carbonyl (C=O) groups excluding carboxylic acids is 1. The largest absolute Gasteiger partial charge is 0.494 e. The summed E-state index contributed by atoms with van der Waals surface area (Å²) in [5.41, 5.74) is 6.46. The van der Waals surface area contributed by atoms with Crippen molar-refractivity contribution in [2.24, 2.45) is 5.73 Å². The van der Waals surface area contributed by atoms with Crippen molar-refractivity contribution >= 4 is 6.09 Å².